The van der Waals surface area contributed by atoms with Crippen LogP contribution in [0.15, 0.2) is 42.5 Å². The normalized spacial score (nSPS) is 22.7. The van der Waals surface area contributed by atoms with Gasteiger partial charge in [-0.3, -0.25) is 19.2 Å². The van der Waals surface area contributed by atoms with Crippen molar-refractivity contribution >= 4 is 34.0 Å². The van der Waals surface area contributed by atoms with Gasteiger partial charge in [-0.25, -0.2) is 0 Å². The fourth-order valence-electron chi connectivity index (χ4n) is 4.64. The molecule has 18 heteroatoms. The molecule has 0 aromatic heterocycles. The van der Waals surface area contributed by atoms with Crippen LogP contribution in [0.3, 0.4) is 0 Å². The number of nitrogens with zero attached hydrogens (tertiary/aromatic N) is 1. The maximum atomic E-state index is 12.7. The smallest absolute Gasteiger partial charge is 0.463 e. The van der Waals surface area contributed by atoms with Gasteiger partial charge in [-0.15, -0.1) is 0 Å². The number of carbonyl (C=O) groups is 4. The first kappa shape index (κ1) is 36.7. The van der Waals surface area contributed by atoms with E-state index in [1.165, 1.54) is 30.3 Å². The van der Waals surface area contributed by atoms with Crippen molar-refractivity contribution in [3.05, 3.63) is 64.7 Å². The van der Waals surface area contributed by atoms with Crippen LogP contribution in [0.25, 0.3) is 0 Å². The lowest BCUT2D eigenvalue weighted by Crippen LogP contribution is -2.66. The number of halogens is 3. The number of benzene rings is 2. The molecule has 0 amide bonds. The van der Waals surface area contributed by atoms with E-state index in [2.05, 4.69) is 4.18 Å². The first-order chi connectivity index (χ1) is 21.8. The summed E-state index contributed by atoms with van der Waals surface area (Å²) in [5.74, 6) is -6.90. The summed E-state index contributed by atoms with van der Waals surface area (Å²) in [6, 6.07) is 10.1. The Morgan fingerprint density at radius 3 is 2.00 bits per heavy atom. The molecule has 0 spiro atoms. The predicted molar refractivity (Wildman–Crippen MR) is 148 cm³/mol. The third-order valence-corrected chi connectivity index (χ3v) is 7.48. The van der Waals surface area contributed by atoms with Crippen LogP contribution >= 0.6 is 0 Å². The number of hydrogen-bond donors (Lipinski definition) is 1. The highest BCUT2D eigenvalue weighted by Gasteiger charge is 2.60. The standard InChI is InChI=1S/C29H28F3NO13S/c1-15(34)41-14-24-25(42-16(2)35)26(43-17(3)36)27(44-18(4)37)28(38,45-24)22-8-7-20(13-33)21(12-22)11-19-5-9-23(10-6-19)46-47(39,40)29(30,31)32/h5-10,12,24-27,38H,11,14H2,1-4H3/t24-,25-,26+,27-,28-/m1/s1. The quantitative estimate of drug-likeness (QED) is 0.165. The maximum absolute atomic E-state index is 12.7. The molecule has 5 atom stereocenters. The Bertz CT molecular complexity index is 1670. The molecule has 1 aliphatic rings. The van der Waals surface area contributed by atoms with Gasteiger partial charge in [0.1, 0.15) is 18.5 Å². The Kier molecular flexibility index (Phi) is 11.2. The second-order valence-electron chi connectivity index (χ2n) is 10.1. The van der Waals surface area contributed by atoms with E-state index in [0.717, 1.165) is 39.8 Å². The summed E-state index contributed by atoms with van der Waals surface area (Å²) in [6.45, 7) is 3.45. The van der Waals surface area contributed by atoms with Crippen LogP contribution in [0.4, 0.5) is 13.2 Å². The molecule has 254 valence electrons. The molecule has 3 rings (SSSR count). The minimum Gasteiger partial charge on any atom is -0.463 e. The van der Waals surface area contributed by atoms with Gasteiger partial charge < -0.3 is 33.0 Å². The molecule has 2 aromatic rings. The van der Waals surface area contributed by atoms with Crippen molar-refractivity contribution in [1.82, 2.24) is 0 Å². The molecule has 0 bridgehead atoms. The van der Waals surface area contributed by atoms with Gasteiger partial charge in [0.05, 0.1) is 11.6 Å². The molecule has 1 aliphatic heterocycles. The minimum absolute atomic E-state index is 0.0583. The summed E-state index contributed by atoms with van der Waals surface area (Å²) in [5.41, 5.74) is -5.21. The number of carbonyl (C=O) groups excluding carboxylic acids is 4. The van der Waals surface area contributed by atoms with E-state index in [4.69, 9.17) is 23.7 Å². The highest BCUT2D eigenvalue weighted by molar-refractivity contribution is 7.88. The van der Waals surface area contributed by atoms with Crippen LogP contribution in [0.5, 0.6) is 5.75 Å². The predicted octanol–water partition coefficient (Wildman–Crippen LogP) is 2.28. The van der Waals surface area contributed by atoms with E-state index in [1.807, 2.05) is 6.07 Å². The fraction of sp³-hybridized carbons (Fsp3) is 0.414. The molecule has 0 aliphatic carbocycles. The van der Waals surface area contributed by atoms with Crippen molar-refractivity contribution in [3.8, 4) is 11.8 Å². The van der Waals surface area contributed by atoms with E-state index >= 15 is 0 Å². The summed E-state index contributed by atoms with van der Waals surface area (Å²) >= 11 is 0. The number of esters is 4. The number of hydrogen-bond acceptors (Lipinski definition) is 14. The average Bonchev–Trinajstić information content (AvgIpc) is 2.95. The molecular weight excluding hydrogens is 659 g/mol. The molecule has 0 saturated carbocycles. The Morgan fingerprint density at radius 1 is 0.915 bits per heavy atom. The van der Waals surface area contributed by atoms with Gasteiger partial charge >= 0.3 is 39.5 Å². The molecular formula is C29H28F3NO13S. The number of ether oxygens (including phenoxy) is 5. The molecule has 1 heterocycles. The molecule has 47 heavy (non-hydrogen) atoms. The monoisotopic (exact) mass is 687 g/mol. The Balaban J connectivity index is 2.10. The van der Waals surface area contributed by atoms with Crippen LogP contribution in [0.1, 0.15) is 49.9 Å². The van der Waals surface area contributed by atoms with Crippen molar-refractivity contribution in [1.29, 1.82) is 5.26 Å². The van der Waals surface area contributed by atoms with Crippen LogP contribution in [0.2, 0.25) is 0 Å². The van der Waals surface area contributed by atoms with E-state index in [0.29, 0.717) is 5.56 Å². The summed E-state index contributed by atoms with van der Waals surface area (Å²) in [4.78, 5) is 48.0. The van der Waals surface area contributed by atoms with Crippen LogP contribution in [-0.2, 0) is 65.2 Å². The zero-order valence-electron chi connectivity index (χ0n) is 25.1. The highest BCUT2D eigenvalue weighted by Crippen LogP contribution is 2.41. The van der Waals surface area contributed by atoms with E-state index < -0.39 is 82.1 Å². The average molecular weight is 688 g/mol. The summed E-state index contributed by atoms with van der Waals surface area (Å²) in [6.07, 6.45) is -6.77. The van der Waals surface area contributed by atoms with Crippen molar-refractivity contribution in [2.24, 2.45) is 0 Å². The zero-order chi connectivity index (χ0) is 35.3. The number of aliphatic hydroxyl groups is 1. The van der Waals surface area contributed by atoms with Gasteiger partial charge in [-0.2, -0.15) is 26.9 Å². The van der Waals surface area contributed by atoms with Crippen LogP contribution in [0, 0.1) is 11.3 Å². The fourth-order valence-corrected chi connectivity index (χ4v) is 5.10. The van der Waals surface area contributed by atoms with Crippen molar-refractivity contribution in [3.63, 3.8) is 0 Å². The molecule has 2 aromatic carbocycles. The van der Waals surface area contributed by atoms with Gasteiger partial charge in [0.25, 0.3) is 0 Å². The summed E-state index contributed by atoms with van der Waals surface area (Å²) in [5, 5.41) is 21.8. The Labute approximate surface area is 266 Å². The van der Waals surface area contributed by atoms with Gasteiger partial charge in [-0.1, -0.05) is 18.2 Å². The minimum atomic E-state index is -5.92. The Morgan fingerprint density at radius 2 is 1.49 bits per heavy atom. The van der Waals surface area contributed by atoms with Crippen LogP contribution < -0.4 is 4.18 Å². The van der Waals surface area contributed by atoms with E-state index in [-0.39, 0.29) is 23.1 Å². The summed E-state index contributed by atoms with van der Waals surface area (Å²) in [7, 11) is -5.92. The van der Waals surface area contributed by atoms with E-state index in [1.54, 1.807) is 0 Å². The Hall–Kier alpha value is -4.73. The van der Waals surface area contributed by atoms with Crippen molar-refractivity contribution in [2.45, 2.75) is 69.8 Å². The maximum Gasteiger partial charge on any atom is 0.534 e. The molecule has 0 radical (unpaired) electrons. The second-order valence-corrected chi connectivity index (χ2v) is 11.7. The number of rotatable bonds is 10. The first-order valence-corrected chi connectivity index (χ1v) is 14.9. The zero-order valence-corrected chi connectivity index (χ0v) is 25.9. The molecule has 1 fully saturated rings. The number of nitriles is 1. The summed E-state index contributed by atoms with van der Waals surface area (Å²) < 4.78 is 91.7. The van der Waals surface area contributed by atoms with Gasteiger partial charge in [0, 0.05) is 33.3 Å². The second kappa shape index (κ2) is 14.4. The van der Waals surface area contributed by atoms with Crippen molar-refractivity contribution < 1.29 is 73.7 Å². The van der Waals surface area contributed by atoms with Crippen LogP contribution in [-0.4, -0.2) is 73.9 Å². The van der Waals surface area contributed by atoms with Gasteiger partial charge in [0.15, 0.2) is 12.2 Å². The lowest BCUT2D eigenvalue weighted by atomic mass is 9.85. The lowest BCUT2D eigenvalue weighted by molar-refractivity contribution is -0.360. The largest absolute Gasteiger partial charge is 0.534 e. The van der Waals surface area contributed by atoms with Gasteiger partial charge in [-0.05, 0) is 41.8 Å². The highest BCUT2D eigenvalue weighted by atomic mass is 32.2. The van der Waals surface area contributed by atoms with E-state index in [9.17, 15) is 51.1 Å². The molecule has 0 unspecified atom stereocenters. The number of alkyl halides is 3. The lowest BCUT2D eigenvalue weighted by Gasteiger charge is -2.48. The third-order valence-electron chi connectivity index (χ3n) is 6.50. The van der Waals surface area contributed by atoms with Gasteiger partial charge in [0.2, 0.25) is 11.9 Å². The molecule has 1 saturated heterocycles. The molecule has 14 nitrogen and oxygen atoms in total. The molecule has 1 N–H and O–H groups in total. The topological polar surface area (TPSA) is 202 Å². The third kappa shape index (κ3) is 8.96. The van der Waals surface area contributed by atoms with Crippen molar-refractivity contribution in [2.75, 3.05) is 6.61 Å². The first-order valence-electron chi connectivity index (χ1n) is 13.5. The SMILES string of the molecule is CC(=O)OC[C@H]1O[C@](O)(c2ccc(C#N)c(Cc3ccc(OS(=O)(=O)C(F)(F)F)cc3)c2)[C@H](OC(C)=O)[C@@H](OC(C)=O)[C@@H]1OC(C)=O.